The van der Waals surface area contributed by atoms with E-state index in [1.807, 2.05) is 53.4 Å². The molecule has 1 aliphatic heterocycles. The van der Waals surface area contributed by atoms with E-state index < -0.39 is 6.10 Å². The maximum Gasteiger partial charge on any atom is 0.275 e. The summed E-state index contributed by atoms with van der Waals surface area (Å²) in [7, 11) is 0. The van der Waals surface area contributed by atoms with Crippen molar-refractivity contribution in [3.8, 4) is 11.3 Å². The summed E-state index contributed by atoms with van der Waals surface area (Å²) in [5, 5.41) is 14.4. The van der Waals surface area contributed by atoms with Gasteiger partial charge in [-0.2, -0.15) is 0 Å². The predicted octanol–water partition coefficient (Wildman–Crippen LogP) is 4.07. The highest BCUT2D eigenvalue weighted by atomic mass is 16.3. The highest BCUT2D eigenvalue weighted by Gasteiger charge is 2.33. The minimum absolute atomic E-state index is 0.0249. The fourth-order valence-corrected chi connectivity index (χ4v) is 5.48. The maximum atomic E-state index is 14.0. The molecule has 3 aromatic rings. The van der Waals surface area contributed by atoms with Gasteiger partial charge in [-0.1, -0.05) is 79.9 Å². The number of carbonyl (C=O) groups excluding carboxylic acids is 1. The minimum Gasteiger partial charge on any atom is -0.391 e. The molecule has 2 aliphatic rings. The SMILES string of the molecule is O=C(c1ncn([C@H]2CCCCC[C@H]2O)c1-c1ccccc1)N1CCNC[C@H]1Cc1ccccc1. The number of nitrogens with zero attached hydrogens (tertiary/aromatic N) is 3. The van der Waals surface area contributed by atoms with Crippen LogP contribution in [-0.4, -0.2) is 57.2 Å². The molecule has 2 fully saturated rings. The van der Waals surface area contributed by atoms with Crippen LogP contribution in [0.4, 0.5) is 0 Å². The van der Waals surface area contributed by atoms with Crippen LogP contribution in [0.1, 0.15) is 54.2 Å². The number of aromatic nitrogens is 2. The van der Waals surface area contributed by atoms with Crippen molar-refractivity contribution in [3.63, 3.8) is 0 Å². The smallest absolute Gasteiger partial charge is 0.275 e. The first-order chi connectivity index (χ1) is 16.7. The molecule has 6 heteroatoms. The van der Waals surface area contributed by atoms with Crippen molar-refractivity contribution in [2.24, 2.45) is 0 Å². The van der Waals surface area contributed by atoms with E-state index in [2.05, 4.69) is 27.0 Å². The van der Waals surface area contributed by atoms with Gasteiger partial charge >= 0.3 is 0 Å². The average molecular weight is 459 g/mol. The van der Waals surface area contributed by atoms with Gasteiger partial charge in [0.15, 0.2) is 5.69 Å². The van der Waals surface area contributed by atoms with Gasteiger partial charge in [0.1, 0.15) is 0 Å². The first-order valence-corrected chi connectivity index (χ1v) is 12.6. The zero-order chi connectivity index (χ0) is 23.3. The molecule has 2 heterocycles. The normalized spacial score (nSPS) is 23.4. The zero-order valence-electron chi connectivity index (χ0n) is 19.6. The van der Waals surface area contributed by atoms with Crippen LogP contribution < -0.4 is 5.32 Å². The van der Waals surface area contributed by atoms with E-state index in [-0.39, 0.29) is 18.0 Å². The number of hydrogen-bond donors (Lipinski definition) is 2. The second-order valence-electron chi connectivity index (χ2n) is 9.53. The summed E-state index contributed by atoms with van der Waals surface area (Å²) < 4.78 is 2.08. The summed E-state index contributed by atoms with van der Waals surface area (Å²) in [5.74, 6) is -0.0249. The van der Waals surface area contributed by atoms with E-state index in [1.54, 1.807) is 6.33 Å². The summed E-state index contributed by atoms with van der Waals surface area (Å²) >= 11 is 0. The minimum atomic E-state index is -0.424. The van der Waals surface area contributed by atoms with Crippen molar-refractivity contribution in [2.45, 2.75) is 56.7 Å². The van der Waals surface area contributed by atoms with Crippen LogP contribution in [-0.2, 0) is 6.42 Å². The van der Waals surface area contributed by atoms with Gasteiger partial charge < -0.3 is 19.9 Å². The van der Waals surface area contributed by atoms with Gasteiger partial charge in [0.05, 0.1) is 24.2 Å². The van der Waals surface area contributed by atoms with Crippen LogP contribution in [0, 0.1) is 0 Å². The van der Waals surface area contributed by atoms with E-state index in [4.69, 9.17) is 0 Å². The molecule has 1 amide bonds. The molecule has 178 valence electrons. The van der Waals surface area contributed by atoms with E-state index in [0.29, 0.717) is 12.2 Å². The summed E-state index contributed by atoms with van der Waals surface area (Å²) in [6, 6.07) is 20.4. The molecule has 0 unspecified atom stereocenters. The number of aliphatic hydroxyl groups is 1. The lowest BCUT2D eigenvalue weighted by atomic mass is 10.0. The molecule has 1 saturated carbocycles. The zero-order valence-corrected chi connectivity index (χ0v) is 19.6. The Balaban J connectivity index is 1.51. The van der Waals surface area contributed by atoms with Crippen molar-refractivity contribution >= 4 is 5.91 Å². The molecule has 5 rings (SSSR count). The second kappa shape index (κ2) is 10.5. The first-order valence-electron chi connectivity index (χ1n) is 12.6. The molecule has 2 N–H and O–H groups in total. The number of amides is 1. The van der Waals surface area contributed by atoms with E-state index >= 15 is 0 Å². The number of rotatable bonds is 5. The fourth-order valence-electron chi connectivity index (χ4n) is 5.48. The maximum absolute atomic E-state index is 14.0. The molecule has 6 nitrogen and oxygen atoms in total. The van der Waals surface area contributed by atoms with Crippen LogP contribution in [0.25, 0.3) is 11.3 Å². The summed E-state index contributed by atoms with van der Waals surface area (Å²) in [6.45, 7) is 2.20. The number of carbonyl (C=O) groups is 1. The van der Waals surface area contributed by atoms with Gasteiger partial charge in [-0.15, -0.1) is 0 Å². The Morgan fingerprint density at radius 2 is 1.74 bits per heavy atom. The van der Waals surface area contributed by atoms with Crippen molar-refractivity contribution in [1.82, 2.24) is 19.8 Å². The molecule has 1 aromatic heterocycles. The van der Waals surface area contributed by atoms with Gasteiger partial charge in [0.25, 0.3) is 5.91 Å². The molecule has 3 atom stereocenters. The molecular formula is C28H34N4O2. The summed E-state index contributed by atoms with van der Waals surface area (Å²) in [5.41, 5.74) is 3.51. The van der Waals surface area contributed by atoms with Crippen LogP contribution in [0.2, 0.25) is 0 Å². The fraction of sp³-hybridized carbons (Fsp3) is 0.429. The van der Waals surface area contributed by atoms with Crippen molar-refractivity contribution in [2.75, 3.05) is 19.6 Å². The van der Waals surface area contributed by atoms with Gasteiger partial charge in [0.2, 0.25) is 0 Å². The highest BCUT2D eigenvalue weighted by molar-refractivity contribution is 5.98. The van der Waals surface area contributed by atoms with Gasteiger partial charge in [-0.3, -0.25) is 4.79 Å². The van der Waals surface area contributed by atoms with E-state index in [1.165, 1.54) is 5.56 Å². The number of imidazole rings is 1. The molecule has 0 spiro atoms. The van der Waals surface area contributed by atoms with Crippen LogP contribution >= 0.6 is 0 Å². The Morgan fingerprint density at radius 1 is 1.00 bits per heavy atom. The third kappa shape index (κ3) is 4.79. The molecule has 0 bridgehead atoms. The van der Waals surface area contributed by atoms with Gasteiger partial charge in [-0.25, -0.2) is 4.98 Å². The van der Waals surface area contributed by atoms with Gasteiger partial charge in [-0.05, 0) is 24.8 Å². The lowest BCUT2D eigenvalue weighted by molar-refractivity contribution is 0.0630. The standard InChI is InChI=1S/C28H34N4O2/c33-25-15-9-3-8-14-24(25)32-20-30-26(27(32)22-12-6-2-7-13-22)28(34)31-17-16-29-19-23(31)18-21-10-4-1-5-11-21/h1-2,4-7,10-13,20,23-25,29,33H,3,8-9,14-19H2/t23-,24+,25-/m1/s1. The molecule has 2 aromatic carbocycles. The Morgan fingerprint density at radius 3 is 2.53 bits per heavy atom. The third-order valence-corrected chi connectivity index (χ3v) is 7.27. The lowest BCUT2D eigenvalue weighted by Crippen LogP contribution is -2.54. The third-order valence-electron chi connectivity index (χ3n) is 7.27. The Kier molecular flexibility index (Phi) is 7.07. The topological polar surface area (TPSA) is 70.4 Å². The Labute approximate surface area is 201 Å². The molecule has 1 saturated heterocycles. The highest BCUT2D eigenvalue weighted by Crippen LogP contribution is 2.34. The first kappa shape index (κ1) is 22.8. The van der Waals surface area contributed by atoms with Gasteiger partial charge in [0, 0.05) is 31.2 Å². The molecule has 34 heavy (non-hydrogen) atoms. The van der Waals surface area contributed by atoms with Crippen molar-refractivity contribution < 1.29 is 9.90 Å². The van der Waals surface area contributed by atoms with Crippen molar-refractivity contribution in [3.05, 3.63) is 78.2 Å². The molecular weight excluding hydrogens is 424 g/mol. The average Bonchev–Trinajstić information content (AvgIpc) is 3.20. The van der Waals surface area contributed by atoms with Crippen LogP contribution in [0.3, 0.4) is 0 Å². The van der Waals surface area contributed by atoms with Crippen LogP contribution in [0.5, 0.6) is 0 Å². The van der Waals surface area contributed by atoms with Crippen molar-refractivity contribution in [1.29, 1.82) is 0 Å². The van der Waals surface area contributed by atoms with E-state index in [9.17, 15) is 9.90 Å². The van der Waals surface area contributed by atoms with E-state index in [0.717, 1.165) is 62.9 Å². The molecule has 1 aliphatic carbocycles. The number of piperazine rings is 1. The number of nitrogens with one attached hydrogen (secondary N) is 1. The number of aliphatic hydroxyl groups excluding tert-OH is 1. The Bertz CT molecular complexity index is 1080. The lowest BCUT2D eigenvalue weighted by Gasteiger charge is -2.36. The quantitative estimate of drug-likeness (QED) is 0.566. The molecule has 0 radical (unpaired) electrons. The number of benzene rings is 2. The second-order valence-corrected chi connectivity index (χ2v) is 9.53. The largest absolute Gasteiger partial charge is 0.391 e. The summed E-state index contributed by atoms with van der Waals surface area (Å²) in [4.78, 5) is 20.7. The number of hydrogen-bond acceptors (Lipinski definition) is 4. The summed E-state index contributed by atoms with van der Waals surface area (Å²) in [6.07, 6.45) is 7.11. The predicted molar refractivity (Wildman–Crippen MR) is 134 cm³/mol. The van der Waals surface area contributed by atoms with Crippen LogP contribution in [0.15, 0.2) is 67.0 Å². The monoisotopic (exact) mass is 458 g/mol. The Hall–Kier alpha value is -2.96.